The number of nitrogens with zero attached hydrogens (tertiary/aromatic N) is 1. The first-order valence-electron chi connectivity index (χ1n) is 6.27. The fraction of sp³-hybridized carbons (Fsp3) is 0.571. The Labute approximate surface area is 104 Å². The topological polar surface area (TPSA) is 55.3 Å². The molecule has 17 heavy (non-hydrogen) atoms. The lowest BCUT2D eigenvalue weighted by atomic mass is 9.95. The van der Waals surface area contributed by atoms with Crippen molar-refractivity contribution in [3.8, 4) is 0 Å². The third-order valence-electron chi connectivity index (χ3n) is 3.30. The van der Waals surface area contributed by atoms with Gasteiger partial charge in [-0.3, -0.25) is 4.90 Å². The first-order chi connectivity index (χ1) is 7.96. The van der Waals surface area contributed by atoms with Gasteiger partial charge in [-0.15, -0.1) is 0 Å². The lowest BCUT2D eigenvalue weighted by Crippen LogP contribution is -2.45. The zero-order valence-corrected chi connectivity index (χ0v) is 10.8. The van der Waals surface area contributed by atoms with Crippen LogP contribution in [0.25, 0.3) is 0 Å². The van der Waals surface area contributed by atoms with Crippen molar-refractivity contribution in [2.75, 3.05) is 19.6 Å². The van der Waals surface area contributed by atoms with E-state index in [-0.39, 0.29) is 11.6 Å². The largest absolute Gasteiger partial charge is 0.326 e. The minimum Gasteiger partial charge on any atom is -0.326 e. The first kappa shape index (κ1) is 12.6. The van der Waals surface area contributed by atoms with Gasteiger partial charge in [0.1, 0.15) is 0 Å². The molecule has 0 aromatic heterocycles. The summed E-state index contributed by atoms with van der Waals surface area (Å²) in [7, 11) is 0. The number of likely N-dealkylation sites (tertiary alicyclic amines) is 1. The fourth-order valence-electron chi connectivity index (χ4n) is 2.67. The quantitative estimate of drug-likeness (QED) is 0.823. The molecule has 0 radical (unpaired) electrons. The van der Waals surface area contributed by atoms with E-state index in [0.717, 1.165) is 19.6 Å². The van der Waals surface area contributed by atoms with E-state index < -0.39 is 0 Å². The first-order valence-corrected chi connectivity index (χ1v) is 6.27. The van der Waals surface area contributed by atoms with Crippen LogP contribution in [-0.4, -0.2) is 36.1 Å². The molecular weight excluding hydrogens is 210 g/mol. The molecule has 1 aliphatic heterocycles. The molecule has 3 nitrogen and oxygen atoms in total. The summed E-state index contributed by atoms with van der Waals surface area (Å²) in [6.07, 6.45) is 0. The summed E-state index contributed by atoms with van der Waals surface area (Å²) in [5.41, 5.74) is 13.5. The van der Waals surface area contributed by atoms with Crippen LogP contribution in [0.15, 0.2) is 30.3 Å². The summed E-state index contributed by atoms with van der Waals surface area (Å²) < 4.78 is 0. The van der Waals surface area contributed by atoms with Gasteiger partial charge >= 0.3 is 0 Å². The third-order valence-corrected chi connectivity index (χ3v) is 3.30. The van der Waals surface area contributed by atoms with Crippen LogP contribution in [-0.2, 0) is 0 Å². The SMILES string of the molecule is CC(C)(N)CN1C[C@@H](N)[C@H](c2ccccc2)C1. The summed E-state index contributed by atoms with van der Waals surface area (Å²) in [5, 5.41) is 0. The van der Waals surface area contributed by atoms with Crippen LogP contribution >= 0.6 is 0 Å². The van der Waals surface area contributed by atoms with Gasteiger partial charge in [-0.1, -0.05) is 30.3 Å². The Bertz CT molecular complexity index is 355. The molecule has 0 saturated carbocycles. The number of hydrogen-bond donors (Lipinski definition) is 2. The highest BCUT2D eigenvalue weighted by molar-refractivity contribution is 5.23. The second kappa shape index (κ2) is 4.77. The van der Waals surface area contributed by atoms with E-state index >= 15 is 0 Å². The maximum Gasteiger partial charge on any atom is 0.0249 e. The van der Waals surface area contributed by atoms with Gasteiger partial charge < -0.3 is 11.5 Å². The summed E-state index contributed by atoms with van der Waals surface area (Å²) in [6.45, 7) is 7.00. The van der Waals surface area contributed by atoms with Gasteiger partial charge in [-0.25, -0.2) is 0 Å². The van der Waals surface area contributed by atoms with Crippen LogP contribution in [0.5, 0.6) is 0 Å². The second-order valence-electron chi connectivity index (χ2n) is 5.86. The van der Waals surface area contributed by atoms with Crippen molar-refractivity contribution in [2.45, 2.75) is 31.3 Å². The summed E-state index contributed by atoms with van der Waals surface area (Å²) >= 11 is 0. The molecule has 1 aromatic rings. The Balaban J connectivity index is 2.03. The van der Waals surface area contributed by atoms with Crippen molar-refractivity contribution in [1.82, 2.24) is 4.90 Å². The molecule has 4 N–H and O–H groups in total. The van der Waals surface area contributed by atoms with Crippen molar-refractivity contribution in [2.24, 2.45) is 11.5 Å². The van der Waals surface area contributed by atoms with Crippen LogP contribution in [0.4, 0.5) is 0 Å². The average molecular weight is 233 g/mol. The molecule has 1 heterocycles. The van der Waals surface area contributed by atoms with Crippen molar-refractivity contribution in [3.05, 3.63) is 35.9 Å². The predicted molar refractivity (Wildman–Crippen MR) is 71.9 cm³/mol. The van der Waals surface area contributed by atoms with Gasteiger partial charge in [0.2, 0.25) is 0 Å². The van der Waals surface area contributed by atoms with Crippen LogP contribution in [0, 0.1) is 0 Å². The lowest BCUT2D eigenvalue weighted by molar-refractivity contribution is 0.267. The molecule has 0 aliphatic carbocycles. The number of rotatable bonds is 3. The Kier molecular flexibility index (Phi) is 3.52. The molecule has 0 bridgehead atoms. The maximum atomic E-state index is 6.24. The van der Waals surface area contributed by atoms with Gasteiger partial charge in [0.05, 0.1) is 0 Å². The van der Waals surface area contributed by atoms with Gasteiger partial charge in [0.15, 0.2) is 0 Å². The normalized spacial score (nSPS) is 26.4. The molecule has 0 unspecified atom stereocenters. The van der Waals surface area contributed by atoms with Crippen molar-refractivity contribution >= 4 is 0 Å². The molecule has 1 saturated heterocycles. The van der Waals surface area contributed by atoms with Crippen LogP contribution in [0.3, 0.4) is 0 Å². The van der Waals surface area contributed by atoms with E-state index in [1.807, 2.05) is 6.07 Å². The molecule has 2 atom stereocenters. The standard InChI is InChI=1S/C14H23N3/c1-14(2,16)10-17-8-12(13(15)9-17)11-6-4-3-5-7-11/h3-7,12-13H,8-10,15-16H2,1-2H3/t12-,13+/m0/s1. The highest BCUT2D eigenvalue weighted by Gasteiger charge is 2.32. The number of hydrogen-bond acceptors (Lipinski definition) is 3. The summed E-state index contributed by atoms with van der Waals surface area (Å²) in [4.78, 5) is 2.38. The van der Waals surface area contributed by atoms with E-state index in [2.05, 4.69) is 43.0 Å². The van der Waals surface area contributed by atoms with Gasteiger partial charge in [-0.2, -0.15) is 0 Å². The lowest BCUT2D eigenvalue weighted by Gasteiger charge is -2.26. The van der Waals surface area contributed by atoms with Crippen LogP contribution in [0.1, 0.15) is 25.3 Å². The van der Waals surface area contributed by atoms with Crippen molar-refractivity contribution in [1.29, 1.82) is 0 Å². The van der Waals surface area contributed by atoms with E-state index in [1.54, 1.807) is 0 Å². The monoisotopic (exact) mass is 233 g/mol. The molecule has 2 rings (SSSR count). The van der Waals surface area contributed by atoms with Gasteiger partial charge in [-0.05, 0) is 19.4 Å². The number of benzene rings is 1. The molecule has 0 spiro atoms. The van der Waals surface area contributed by atoms with E-state index in [1.165, 1.54) is 5.56 Å². The Morgan fingerprint density at radius 2 is 1.88 bits per heavy atom. The predicted octanol–water partition coefficient (Wildman–Crippen LogP) is 1.15. The molecule has 1 fully saturated rings. The molecule has 0 amide bonds. The highest BCUT2D eigenvalue weighted by Crippen LogP contribution is 2.26. The zero-order chi connectivity index (χ0) is 12.5. The summed E-state index contributed by atoms with van der Waals surface area (Å²) in [5.74, 6) is 0.443. The molecular formula is C14H23N3. The van der Waals surface area contributed by atoms with Crippen LogP contribution in [0.2, 0.25) is 0 Å². The minimum absolute atomic E-state index is 0.148. The number of nitrogens with two attached hydrogens (primary N) is 2. The average Bonchev–Trinajstić information content (AvgIpc) is 2.58. The molecule has 1 aromatic carbocycles. The minimum atomic E-state index is -0.148. The smallest absolute Gasteiger partial charge is 0.0249 e. The highest BCUT2D eigenvalue weighted by atomic mass is 15.2. The van der Waals surface area contributed by atoms with Gasteiger partial charge in [0.25, 0.3) is 0 Å². The Hall–Kier alpha value is -0.900. The van der Waals surface area contributed by atoms with Gasteiger partial charge in [0, 0.05) is 37.1 Å². The van der Waals surface area contributed by atoms with E-state index in [4.69, 9.17) is 11.5 Å². The van der Waals surface area contributed by atoms with Crippen LogP contribution < -0.4 is 11.5 Å². The fourth-order valence-corrected chi connectivity index (χ4v) is 2.67. The maximum absolute atomic E-state index is 6.24. The molecule has 94 valence electrons. The molecule has 1 aliphatic rings. The van der Waals surface area contributed by atoms with Crippen molar-refractivity contribution < 1.29 is 0 Å². The Morgan fingerprint density at radius 3 is 2.47 bits per heavy atom. The molecule has 3 heteroatoms. The van der Waals surface area contributed by atoms with E-state index in [9.17, 15) is 0 Å². The second-order valence-corrected chi connectivity index (χ2v) is 5.86. The third kappa shape index (κ3) is 3.28. The zero-order valence-electron chi connectivity index (χ0n) is 10.8. The Morgan fingerprint density at radius 1 is 1.24 bits per heavy atom. The summed E-state index contributed by atoms with van der Waals surface area (Å²) in [6, 6.07) is 10.8. The van der Waals surface area contributed by atoms with E-state index in [0.29, 0.717) is 5.92 Å². The van der Waals surface area contributed by atoms with Crippen molar-refractivity contribution in [3.63, 3.8) is 0 Å².